The zero-order valence-corrected chi connectivity index (χ0v) is 27.7. The molecule has 5 heteroatoms. The molecule has 36 heavy (non-hydrogen) atoms. The van der Waals surface area contributed by atoms with E-state index in [1.54, 1.807) is 19.0 Å². The average molecular weight is 573 g/mol. The zero-order chi connectivity index (χ0) is 27.2. The summed E-state index contributed by atoms with van der Waals surface area (Å²) in [7, 11) is 3.57. The molecular weight excluding hydrogens is 523 g/mol. The molecule has 0 heterocycles. The molecule has 0 spiro atoms. The fourth-order valence-corrected chi connectivity index (χ4v) is 4.22. The fourth-order valence-electron chi connectivity index (χ4n) is 4.22. The van der Waals surface area contributed by atoms with Crippen LogP contribution in [0.3, 0.4) is 0 Å². The molecule has 0 saturated carbocycles. The summed E-state index contributed by atoms with van der Waals surface area (Å²) in [6.07, 6.45) is 1.89. The van der Waals surface area contributed by atoms with Crippen LogP contribution in [0.25, 0.3) is 0 Å². The molecule has 2 aromatic rings. The topological polar surface area (TPSA) is 49.8 Å². The minimum atomic E-state index is -0.933. The first-order chi connectivity index (χ1) is 16.2. The summed E-state index contributed by atoms with van der Waals surface area (Å²) in [5, 5.41) is 10.8. The first kappa shape index (κ1) is 34.8. The third-order valence-corrected chi connectivity index (χ3v) is 7.47. The number of carbonyl (C=O) groups excluding carboxylic acids is 1. The second-order valence-corrected chi connectivity index (χ2v) is 10.8. The van der Waals surface area contributed by atoms with E-state index in [2.05, 4.69) is 45.0 Å². The van der Waals surface area contributed by atoms with Crippen LogP contribution in [0.2, 0.25) is 0 Å². The minimum absolute atomic E-state index is 0. The molecule has 2 aromatic carbocycles. The predicted molar refractivity (Wildman–Crippen MR) is 149 cm³/mol. The number of carbonyl (C=O) groups is 1. The minimum Gasteiger partial charge on any atom is -0.490 e. The van der Waals surface area contributed by atoms with Crippen LogP contribution >= 0.6 is 0 Å². The van der Waals surface area contributed by atoms with Crippen molar-refractivity contribution in [2.45, 2.75) is 93.1 Å². The number of rotatable bonds is 8. The molecule has 1 unspecified atom stereocenters. The number of aryl methyl sites for hydroxylation is 2. The second kappa shape index (κ2) is 14.1. The van der Waals surface area contributed by atoms with Crippen LogP contribution in [-0.2, 0) is 38.1 Å². The molecule has 0 fully saturated rings. The van der Waals surface area contributed by atoms with Crippen molar-refractivity contribution in [3.05, 3.63) is 64.2 Å². The van der Waals surface area contributed by atoms with Crippen LogP contribution in [0.4, 0.5) is 0 Å². The Labute approximate surface area is 246 Å². The number of amides is 1. The van der Waals surface area contributed by atoms with Crippen LogP contribution in [0.5, 0.6) is 5.75 Å². The number of benzene rings is 2. The van der Waals surface area contributed by atoms with Gasteiger partial charge in [-0.15, -0.1) is 0 Å². The maximum Gasteiger partial charge on any atom is 0.253 e. The number of hydrogen-bond donors (Lipinski definition) is 1. The number of aliphatic hydroxyl groups is 1. The molecule has 0 bridgehead atoms. The van der Waals surface area contributed by atoms with Crippen molar-refractivity contribution in [2.75, 3.05) is 20.7 Å². The van der Waals surface area contributed by atoms with Crippen LogP contribution < -0.4 is 4.74 Å². The summed E-state index contributed by atoms with van der Waals surface area (Å²) in [4.78, 5) is 14.1. The second-order valence-electron chi connectivity index (χ2n) is 10.8. The zero-order valence-electron chi connectivity index (χ0n) is 24.9. The molecule has 0 aromatic heterocycles. The first-order valence-electron chi connectivity index (χ1n) is 13.0. The van der Waals surface area contributed by atoms with Crippen molar-refractivity contribution >= 4 is 5.91 Å². The Morgan fingerprint density at radius 1 is 0.889 bits per heavy atom. The smallest absolute Gasteiger partial charge is 0.253 e. The first-order valence-corrected chi connectivity index (χ1v) is 13.0. The van der Waals surface area contributed by atoms with Gasteiger partial charge in [-0.3, -0.25) is 4.79 Å². The predicted octanol–water partition coefficient (Wildman–Crippen LogP) is 7.31. The largest absolute Gasteiger partial charge is 0.490 e. The Morgan fingerprint density at radius 3 is 1.75 bits per heavy atom. The van der Waals surface area contributed by atoms with Crippen molar-refractivity contribution in [3.8, 4) is 5.75 Å². The van der Waals surface area contributed by atoms with Gasteiger partial charge in [-0.2, -0.15) is 0 Å². The monoisotopic (exact) mass is 572 g/mol. The molecule has 1 atom stereocenters. The Bertz CT molecular complexity index is 986. The summed E-state index contributed by atoms with van der Waals surface area (Å²) in [6.45, 7) is 20.6. The summed E-state index contributed by atoms with van der Waals surface area (Å²) in [6, 6.07) is 12.6. The summed E-state index contributed by atoms with van der Waals surface area (Å²) < 4.78 is 6.06. The number of nitrogens with zero attached hydrogens (tertiary/aromatic N) is 1. The van der Waals surface area contributed by atoms with Gasteiger partial charge in [-0.25, -0.2) is 0 Å². The van der Waals surface area contributed by atoms with Gasteiger partial charge in [0, 0.05) is 57.8 Å². The van der Waals surface area contributed by atoms with Gasteiger partial charge in [-0.05, 0) is 73.4 Å². The van der Waals surface area contributed by atoms with Crippen molar-refractivity contribution in [2.24, 2.45) is 5.41 Å². The normalized spacial score (nSPS) is 13.0. The molecule has 199 valence electrons. The van der Waals surface area contributed by atoms with E-state index in [0.29, 0.717) is 0 Å². The van der Waals surface area contributed by atoms with E-state index in [0.717, 1.165) is 35.3 Å². The van der Waals surface area contributed by atoms with Crippen molar-refractivity contribution in [3.63, 3.8) is 0 Å². The van der Waals surface area contributed by atoms with Gasteiger partial charge in [-0.1, -0.05) is 72.7 Å². The molecule has 1 N–H and O–H groups in total. The maximum atomic E-state index is 12.5. The van der Waals surface area contributed by atoms with Gasteiger partial charge >= 0.3 is 0 Å². The quantitative estimate of drug-likeness (QED) is 0.361. The molecule has 1 radical (unpaired) electrons. The Kier molecular flexibility index (Phi) is 13.6. The van der Waals surface area contributed by atoms with Gasteiger partial charge < -0.3 is 14.7 Å². The van der Waals surface area contributed by atoms with Gasteiger partial charge in [0.15, 0.2) is 0 Å². The van der Waals surface area contributed by atoms with Gasteiger partial charge in [0.2, 0.25) is 0 Å². The standard InChI is InChI=1S/C29H43NO3.C2H6.Y/c1-11-29(12-2,22-13-15-24(20(3)17-22)26(31)30(9)10)23-14-16-25(21(4)18-23)33-19-28(8,32)27(5,6)7;1-2;/h13-18,32H,11-12,19H2,1-10H3;1-2H3;. The van der Waals surface area contributed by atoms with E-state index in [1.165, 1.54) is 11.1 Å². The van der Waals surface area contributed by atoms with Crippen molar-refractivity contribution in [1.29, 1.82) is 0 Å². The summed E-state index contributed by atoms with van der Waals surface area (Å²) in [5.74, 6) is 0.827. The van der Waals surface area contributed by atoms with Gasteiger partial charge in [0.1, 0.15) is 18.0 Å². The third kappa shape index (κ3) is 7.65. The van der Waals surface area contributed by atoms with Crippen LogP contribution in [0.1, 0.15) is 101 Å². The van der Waals surface area contributed by atoms with E-state index >= 15 is 0 Å². The molecule has 0 aliphatic rings. The fraction of sp³-hybridized carbons (Fsp3) is 0.581. The molecule has 0 aliphatic carbocycles. The third-order valence-electron chi connectivity index (χ3n) is 7.47. The summed E-state index contributed by atoms with van der Waals surface area (Å²) in [5.41, 5.74) is 3.91. The molecule has 0 saturated heterocycles. The number of hydrogen-bond acceptors (Lipinski definition) is 3. The van der Waals surface area contributed by atoms with Gasteiger partial charge in [0.25, 0.3) is 5.91 Å². The van der Waals surface area contributed by atoms with E-state index in [1.807, 2.05) is 60.6 Å². The molecule has 0 aliphatic heterocycles. The maximum absolute atomic E-state index is 12.5. The van der Waals surface area contributed by atoms with E-state index in [4.69, 9.17) is 4.74 Å². The molecule has 1 amide bonds. The van der Waals surface area contributed by atoms with E-state index in [9.17, 15) is 9.90 Å². The van der Waals surface area contributed by atoms with Crippen LogP contribution in [-0.4, -0.2) is 42.2 Å². The Morgan fingerprint density at radius 2 is 1.36 bits per heavy atom. The molecular formula is C31H49NO3Y. The van der Waals surface area contributed by atoms with Crippen molar-refractivity contribution < 1.29 is 47.3 Å². The number of ether oxygens (including phenoxy) is 1. The summed E-state index contributed by atoms with van der Waals surface area (Å²) >= 11 is 0. The van der Waals surface area contributed by atoms with E-state index in [-0.39, 0.29) is 56.1 Å². The SMILES string of the molecule is CC.CCC(CC)(c1ccc(OCC(C)(O)C(C)(C)C)c(C)c1)c1ccc(C(=O)N(C)C)c(C)c1.[Y]. The molecule has 4 nitrogen and oxygen atoms in total. The Hall–Kier alpha value is -1.23. The van der Waals surface area contributed by atoms with Gasteiger partial charge in [0.05, 0.1) is 0 Å². The van der Waals surface area contributed by atoms with Crippen molar-refractivity contribution in [1.82, 2.24) is 4.90 Å². The van der Waals surface area contributed by atoms with Crippen LogP contribution in [0, 0.1) is 19.3 Å². The van der Waals surface area contributed by atoms with Crippen LogP contribution in [0.15, 0.2) is 36.4 Å². The van der Waals surface area contributed by atoms with E-state index < -0.39 is 5.60 Å². The average Bonchev–Trinajstić information content (AvgIpc) is 2.80. The Balaban J connectivity index is 0.00000398. The molecule has 2 rings (SSSR count).